The van der Waals surface area contributed by atoms with Crippen LogP contribution in [-0.2, 0) is 30.5 Å². The number of ether oxygens (including phenoxy) is 2. The van der Waals surface area contributed by atoms with Gasteiger partial charge in [0.1, 0.15) is 11.5 Å². The lowest BCUT2D eigenvalue weighted by Gasteiger charge is -2.13. The van der Waals surface area contributed by atoms with Gasteiger partial charge in [-0.3, -0.25) is 4.79 Å². The van der Waals surface area contributed by atoms with Gasteiger partial charge in [0.15, 0.2) is 0 Å². The van der Waals surface area contributed by atoms with E-state index in [1.165, 1.54) is 16.7 Å². The molecule has 0 aliphatic carbocycles. The van der Waals surface area contributed by atoms with Crippen LogP contribution in [0.1, 0.15) is 27.8 Å². The Morgan fingerprint density at radius 2 is 2.00 bits per heavy atom. The highest BCUT2D eigenvalue weighted by atomic mass is 16.5. The second-order valence-corrected chi connectivity index (χ2v) is 6.72. The number of benzene rings is 2. The average Bonchev–Trinajstić information content (AvgIpc) is 3.25. The van der Waals surface area contributed by atoms with Gasteiger partial charge in [0.2, 0.25) is 5.91 Å². The number of carbonyl (C=O) groups is 1. The molecule has 0 atom stereocenters. The average molecular weight is 337 g/mol. The van der Waals surface area contributed by atoms with Gasteiger partial charge in [-0.1, -0.05) is 24.3 Å². The fourth-order valence-electron chi connectivity index (χ4n) is 3.72. The first kappa shape index (κ1) is 16.0. The topological polar surface area (TPSA) is 47.6 Å². The molecule has 2 heterocycles. The fraction of sp³-hybridized carbons (Fsp3) is 0.381. The predicted octanol–water partition coefficient (Wildman–Crippen LogP) is 2.77. The lowest BCUT2D eigenvalue weighted by atomic mass is 9.97. The van der Waals surface area contributed by atoms with Crippen molar-refractivity contribution in [1.29, 1.82) is 0 Å². The quantitative estimate of drug-likeness (QED) is 0.913. The minimum atomic E-state index is 0.0655. The summed E-state index contributed by atoms with van der Waals surface area (Å²) in [6.07, 6.45) is 3.09. The zero-order valence-corrected chi connectivity index (χ0v) is 14.6. The number of fused-ring (bicyclic) bond motifs is 2. The molecular weight excluding hydrogens is 314 g/mol. The van der Waals surface area contributed by atoms with Gasteiger partial charge in [0, 0.05) is 36.1 Å². The van der Waals surface area contributed by atoms with E-state index in [0.29, 0.717) is 13.0 Å². The summed E-state index contributed by atoms with van der Waals surface area (Å²) < 4.78 is 11.6. The summed E-state index contributed by atoms with van der Waals surface area (Å²) in [7, 11) is 0. The van der Waals surface area contributed by atoms with Crippen LogP contribution in [0.5, 0.6) is 11.5 Å². The molecule has 2 aliphatic rings. The molecule has 4 heteroatoms. The van der Waals surface area contributed by atoms with Crippen molar-refractivity contribution < 1.29 is 14.3 Å². The first-order chi connectivity index (χ1) is 12.2. The molecule has 0 radical (unpaired) electrons. The first-order valence-corrected chi connectivity index (χ1v) is 8.97. The van der Waals surface area contributed by atoms with Crippen LogP contribution in [0, 0.1) is 6.92 Å². The largest absolute Gasteiger partial charge is 0.493 e. The van der Waals surface area contributed by atoms with Gasteiger partial charge in [0.05, 0.1) is 19.6 Å². The number of amides is 1. The molecule has 4 rings (SSSR count). The van der Waals surface area contributed by atoms with Gasteiger partial charge in [-0.05, 0) is 30.5 Å². The van der Waals surface area contributed by atoms with Crippen molar-refractivity contribution in [2.75, 3.05) is 19.8 Å². The summed E-state index contributed by atoms with van der Waals surface area (Å²) in [5.74, 6) is 2.10. The second kappa shape index (κ2) is 6.79. The van der Waals surface area contributed by atoms with Crippen LogP contribution in [0.3, 0.4) is 0 Å². The van der Waals surface area contributed by atoms with E-state index in [-0.39, 0.29) is 5.91 Å². The minimum absolute atomic E-state index is 0.0655. The molecule has 25 heavy (non-hydrogen) atoms. The van der Waals surface area contributed by atoms with Crippen molar-refractivity contribution in [2.45, 2.75) is 32.6 Å². The highest BCUT2D eigenvalue weighted by Gasteiger charge is 2.26. The Hall–Kier alpha value is -2.49. The Morgan fingerprint density at radius 3 is 2.88 bits per heavy atom. The number of nitrogens with one attached hydrogen (secondary N) is 1. The molecule has 2 aromatic carbocycles. The zero-order valence-electron chi connectivity index (χ0n) is 14.6. The summed E-state index contributed by atoms with van der Waals surface area (Å²) in [4.78, 5) is 12.3. The van der Waals surface area contributed by atoms with Crippen LogP contribution in [0.4, 0.5) is 0 Å². The van der Waals surface area contributed by atoms with Crippen molar-refractivity contribution >= 4 is 5.91 Å². The molecule has 0 unspecified atom stereocenters. The summed E-state index contributed by atoms with van der Waals surface area (Å²) in [5.41, 5.74) is 5.95. The van der Waals surface area contributed by atoms with E-state index in [4.69, 9.17) is 9.47 Å². The summed E-state index contributed by atoms with van der Waals surface area (Å²) in [5, 5.41) is 3.05. The van der Waals surface area contributed by atoms with Gasteiger partial charge in [-0.25, -0.2) is 0 Å². The molecule has 0 bridgehead atoms. The Morgan fingerprint density at radius 1 is 1.16 bits per heavy atom. The Kier molecular flexibility index (Phi) is 4.35. The van der Waals surface area contributed by atoms with E-state index >= 15 is 0 Å². The maximum absolute atomic E-state index is 12.3. The number of rotatable bonds is 5. The van der Waals surface area contributed by atoms with E-state index in [1.807, 2.05) is 31.2 Å². The predicted molar refractivity (Wildman–Crippen MR) is 96.4 cm³/mol. The lowest BCUT2D eigenvalue weighted by Crippen LogP contribution is -2.27. The third kappa shape index (κ3) is 3.21. The van der Waals surface area contributed by atoms with Gasteiger partial charge < -0.3 is 14.8 Å². The Labute approximate surface area is 148 Å². The van der Waals surface area contributed by atoms with Crippen LogP contribution >= 0.6 is 0 Å². The van der Waals surface area contributed by atoms with E-state index in [2.05, 4.69) is 11.4 Å². The van der Waals surface area contributed by atoms with Crippen molar-refractivity contribution in [1.82, 2.24) is 5.32 Å². The maximum atomic E-state index is 12.3. The summed E-state index contributed by atoms with van der Waals surface area (Å²) >= 11 is 0. The third-order valence-corrected chi connectivity index (χ3v) is 5.07. The number of hydrogen-bond donors (Lipinski definition) is 1. The summed E-state index contributed by atoms with van der Waals surface area (Å²) in [6, 6.07) is 10.2. The highest BCUT2D eigenvalue weighted by Crippen LogP contribution is 2.40. The Balaban J connectivity index is 1.41. The van der Waals surface area contributed by atoms with Gasteiger partial charge in [-0.2, -0.15) is 0 Å². The van der Waals surface area contributed by atoms with Crippen molar-refractivity contribution in [3.8, 4) is 11.5 Å². The lowest BCUT2D eigenvalue weighted by molar-refractivity contribution is -0.120. The maximum Gasteiger partial charge on any atom is 0.224 e. The smallest absolute Gasteiger partial charge is 0.224 e. The molecule has 0 fully saturated rings. The number of hydrogen-bond acceptors (Lipinski definition) is 3. The molecule has 4 nitrogen and oxygen atoms in total. The molecule has 0 spiro atoms. The Bertz CT molecular complexity index is 781. The monoisotopic (exact) mass is 337 g/mol. The molecule has 2 aromatic rings. The zero-order chi connectivity index (χ0) is 17.2. The summed E-state index contributed by atoms with van der Waals surface area (Å²) in [6.45, 7) is 4.14. The molecule has 0 aromatic heterocycles. The third-order valence-electron chi connectivity index (χ3n) is 5.07. The molecule has 130 valence electrons. The van der Waals surface area contributed by atoms with E-state index in [0.717, 1.165) is 55.1 Å². The van der Waals surface area contributed by atoms with Gasteiger partial charge >= 0.3 is 0 Å². The van der Waals surface area contributed by atoms with Crippen LogP contribution < -0.4 is 14.8 Å². The number of aryl methyl sites for hydroxylation is 1. The van der Waals surface area contributed by atoms with E-state index < -0.39 is 0 Å². The van der Waals surface area contributed by atoms with Crippen molar-refractivity contribution in [3.63, 3.8) is 0 Å². The van der Waals surface area contributed by atoms with Crippen LogP contribution in [0.15, 0.2) is 30.3 Å². The molecule has 0 saturated carbocycles. The van der Waals surface area contributed by atoms with Gasteiger partial charge in [0.25, 0.3) is 0 Å². The van der Waals surface area contributed by atoms with E-state index in [9.17, 15) is 4.79 Å². The second-order valence-electron chi connectivity index (χ2n) is 6.72. The number of carbonyl (C=O) groups excluding carboxylic acids is 1. The standard InChI is InChI=1S/C21H23NO3/c1-14-4-2-3-5-15(14)13-20(23)22-9-6-18-17-8-11-24-19(17)12-16-7-10-25-21(16)18/h2-5,12H,6-11,13H2,1H3,(H,22,23). The molecule has 2 aliphatic heterocycles. The first-order valence-electron chi connectivity index (χ1n) is 8.97. The minimum Gasteiger partial charge on any atom is -0.493 e. The normalized spacial score (nSPS) is 14.4. The van der Waals surface area contributed by atoms with Crippen LogP contribution in [0.25, 0.3) is 0 Å². The van der Waals surface area contributed by atoms with Crippen molar-refractivity contribution in [2.24, 2.45) is 0 Å². The SMILES string of the molecule is Cc1ccccc1CC(=O)NCCc1c2c(cc3c1OCC3)OCC2. The highest BCUT2D eigenvalue weighted by molar-refractivity contribution is 5.79. The molecule has 1 amide bonds. The van der Waals surface area contributed by atoms with Crippen LogP contribution in [-0.4, -0.2) is 25.7 Å². The van der Waals surface area contributed by atoms with Crippen molar-refractivity contribution in [3.05, 3.63) is 58.1 Å². The van der Waals surface area contributed by atoms with E-state index in [1.54, 1.807) is 0 Å². The van der Waals surface area contributed by atoms with Crippen LogP contribution in [0.2, 0.25) is 0 Å². The fourth-order valence-corrected chi connectivity index (χ4v) is 3.72. The van der Waals surface area contributed by atoms with Gasteiger partial charge in [-0.15, -0.1) is 0 Å². The molecule has 0 saturated heterocycles. The molecular formula is C21H23NO3. The molecule has 1 N–H and O–H groups in total.